The summed E-state index contributed by atoms with van der Waals surface area (Å²) in [6.07, 6.45) is 7.70. The lowest BCUT2D eigenvalue weighted by molar-refractivity contribution is 0.506. The maximum atomic E-state index is 13.2. The zero-order valence-corrected chi connectivity index (χ0v) is 25.1. The molecule has 0 bridgehead atoms. The van der Waals surface area contributed by atoms with E-state index in [-0.39, 0.29) is 31.8 Å². The van der Waals surface area contributed by atoms with Crippen molar-refractivity contribution < 1.29 is 4.42 Å². The summed E-state index contributed by atoms with van der Waals surface area (Å²) in [5.74, 6) is 1.36. The average Bonchev–Trinajstić information content (AvgIpc) is 3.40. The molecule has 0 radical (unpaired) electrons. The van der Waals surface area contributed by atoms with Crippen LogP contribution in [0.5, 0.6) is 0 Å². The van der Waals surface area contributed by atoms with E-state index < -0.39 is 0 Å². The molecule has 3 heterocycles. The van der Waals surface area contributed by atoms with E-state index in [0.29, 0.717) is 11.0 Å². The highest BCUT2D eigenvalue weighted by atomic mass is 127. The highest BCUT2D eigenvalue weighted by Gasteiger charge is 2.33. The van der Waals surface area contributed by atoms with E-state index in [0.717, 1.165) is 54.0 Å². The monoisotopic (exact) mass is 641 g/mol. The molecule has 5 aliphatic rings. The fourth-order valence-electron chi connectivity index (χ4n) is 5.98. The molecule has 40 heavy (non-hydrogen) atoms. The van der Waals surface area contributed by atoms with Gasteiger partial charge < -0.3 is 18.2 Å². The molecule has 2 aliphatic carbocycles. The zero-order chi connectivity index (χ0) is 27.4. The number of halogens is 1. The van der Waals surface area contributed by atoms with Gasteiger partial charge in [-0.2, -0.15) is 0 Å². The number of aryl methyl sites for hydroxylation is 1. The van der Waals surface area contributed by atoms with Gasteiger partial charge >= 0.3 is 0 Å². The van der Waals surface area contributed by atoms with Crippen LogP contribution in [-0.4, -0.2) is 10.1 Å². The third kappa shape index (κ3) is 4.20. The number of fused-ring (bicyclic) bond motifs is 4. The first-order valence-corrected chi connectivity index (χ1v) is 16.0. The number of anilines is 3. The number of para-hydroxylation sites is 3. The smallest absolute Gasteiger partial charge is 0.193 e. The van der Waals surface area contributed by atoms with E-state index in [1.54, 1.807) is 6.07 Å². The molecule has 7 rings (SSSR count). The van der Waals surface area contributed by atoms with Crippen LogP contribution < -0.4 is 29.8 Å². The lowest BCUT2D eigenvalue weighted by Gasteiger charge is -2.37. The second-order valence-corrected chi connectivity index (χ2v) is 13.9. The molecule has 2 aromatic carbocycles. The van der Waals surface area contributed by atoms with Gasteiger partial charge in [0.2, 0.25) is 0 Å². The highest BCUT2D eigenvalue weighted by Crippen LogP contribution is 2.43. The molecule has 0 amide bonds. The van der Waals surface area contributed by atoms with Gasteiger partial charge in [-0.25, -0.2) is 0 Å². The molecular weight excluding hydrogens is 609 g/mol. The van der Waals surface area contributed by atoms with Gasteiger partial charge in [0.15, 0.2) is 5.43 Å². The van der Waals surface area contributed by atoms with E-state index in [1.807, 2.05) is 30.3 Å². The number of nitrogens with zero attached hydrogens (tertiary/aromatic N) is 1. The first-order valence-electron chi connectivity index (χ1n) is 14.0. The summed E-state index contributed by atoms with van der Waals surface area (Å²) in [7, 11) is 0. The standard InChI is InChI=1S/C34H32IN3O2/c1-4-38-28-15-8-5-12-25(28)34(2,3)31(35-38)17-16-21-10-9-11-22-18-23-19-24(29(39)20-30(23)40-32(21)22)33-36-26-13-6-7-14-27(26)37-33/h5-8,12-20,36-37H,4,9-11H2,1-3H3/b17-16+. The number of allylic oxidation sites excluding steroid dienone is 2. The quantitative estimate of drug-likeness (QED) is 0.204. The molecule has 3 aliphatic heterocycles. The third-order valence-electron chi connectivity index (χ3n) is 8.18. The Kier molecular flexibility index (Phi) is 6.18. The van der Waals surface area contributed by atoms with Crippen LogP contribution in [0.15, 0.2) is 88.1 Å². The largest absolute Gasteiger partial charge is 0.456 e. The number of nitrogens with one attached hydrogen (secondary N) is 2. The van der Waals surface area contributed by atoms with Crippen molar-refractivity contribution in [3.05, 3.63) is 111 Å². The maximum absolute atomic E-state index is 13.2. The van der Waals surface area contributed by atoms with Gasteiger partial charge in [0.05, 0.1) is 16.6 Å². The van der Waals surface area contributed by atoms with Crippen LogP contribution in [0.2, 0.25) is 0 Å². The van der Waals surface area contributed by atoms with Crippen molar-refractivity contribution in [2.24, 2.45) is 0 Å². The molecule has 0 saturated carbocycles. The van der Waals surface area contributed by atoms with Gasteiger partial charge in [0, 0.05) is 53.8 Å². The van der Waals surface area contributed by atoms with Crippen LogP contribution >= 0.6 is 21.0 Å². The van der Waals surface area contributed by atoms with Gasteiger partial charge in [0.1, 0.15) is 17.0 Å². The Balaban J connectivity index is 1.30. The van der Waals surface area contributed by atoms with E-state index >= 15 is 0 Å². The third-order valence-corrected chi connectivity index (χ3v) is 12.2. The van der Waals surface area contributed by atoms with Gasteiger partial charge in [-0.3, -0.25) is 4.79 Å². The molecule has 0 aromatic heterocycles. The molecule has 5 nitrogen and oxygen atoms in total. The molecule has 0 unspecified atom stereocenters. The maximum Gasteiger partial charge on any atom is 0.193 e. The number of benzene rings is 3. The van der Waals surface area contributed by atoms with Gasteiger partial charge in [-0.1, -0.05) is 56.3 Å². The van der Waals surface area contributed by atoms with Gasteiger partial charge in [0.25, 0.3) is 0 Å². The Hall–Kier alpha value is -3.65. The van der Waals surface area contributed by atoms with Gasteiger partial charge in [-0.05, 0) is 73.2 Å². The van der Waals surface area contributed by atoms with E-state index in [2.05, 4.69) is 77.0 Å². The second kappa shape index (κ2) is 9.77. The van der Waals surface area contributed by atoms with Crippen molar-refractivity contribution in [1.29, 1.82) is 0 Å². The molecule has 6 heteroatoms. The van der Waals surface area contributed by atoms with Crippen LogP contribution in [0.4, 0.5) is 17.1 Å². The summed E-state index contributed by atoms with van der Waals surface area (Å²) in [5.41, 5.74) is 8.99. The van der Waals surface area contributed by atoms with Crippen LogP contribution in [0.3, 0.4) is 0 Å². The molecule has 0 fully saturated rings. The predicted molar refractivity (Wildman–Crippen MR) is 175 cm³/mol. The van der Waals surface area contributed by atoms with Crippen molar-refractivity contribution in [2.45, 2.75) is 45.4 Å². The van der Waals surface area contributed by atoms with Crippen LogP contribution in [0.1, 0.15) is 44.7 Å². The lowest BCUT2D eigenvalue weighted by Crippen LogP contribution is -2.33. The SMILES string of the molecule is CCN1I=C(/C=C/C2=c3oc4cc(=O)c(=C5Nc6ccccc6N5)cc-4cc3CCC2)C(C)(C)c2ccccc21. The summed E-state index contributed by atoms with van der Waals surface area (Å²) in [5, 5.41) is 7.33. The molecule has 0 saturated heterocycles. The van der Waals surface area contributed by atoms with E-state index in [4.69, 9.17) is 4.42 Å². The van der Waals surface area contributed by atoms with Crippen molar-refractivity contribution in [3.8, 4) is 11.3 Å². The van der Waals surface area contributed by atoms with E-state index in [1.165, 1.54) is 25.9 Å². The Morgan fingerprint density at radius 1 is 0.975 bits per heavy atom. The predicted octanol–water partition coefficient (Wildman–Crippen LogP) is 6.27. The topological polar surface area (TPSA) is 57.5 Å². The molecule has 2 N–H and O–H groups in total. The Labute approximate surface area is 244 Å². The summed E-state index contributed by atoms with van der Waals surface area (Å²) in [6, 6.07) is 22.6. The first kappa shape index (κ1) is 25.3. The van der Waals surface area contributed by atoms with Gasteiger partial charge in [-0.15, -0.1) is 0 Å². The average molecular weight is 642 g/mol. The Morgan fingerprint density at radius 3 is 2.50 bits per heavy atom. The molecular formula is C34H32IN3O2. The van der Waals surface area contributed by atoms with Crippen molar-refractivity contribution >= 4 is 53.0 Å². The van der Waals surface area contributed by atoms with Crippen molar-refractivity contribution in [2.75, 3.05) is 20.3 Å². The van der Waals surface area contributed by atoms with Crippen LogP contribution in [-0.2, 0) is 11.8 Å². The minimum Gasteiger partial charge on any atom is -0.456 e. The summed E-state index contributed by atoms with van der Waals surface area (Å²) in [4.78, 5) is 13.2. The molecule has 0 atom stereocenters. The molecule has 2 aromatic rings. The Morgan fingerprint density at radius 2 is 1.73 bits per heavy atom. The first-order chi connectivity index (χ1) is 19.4. The summed E-state index contributed by atoms with van der Waals surface area (Å²) < 4.78 is 10.6. The fourth-order valence-corrected chi connectivity index (χ4v) is 8.87. The van der Waals surface area contributed by atoms with Crippen molar-refractivity contribution in [1.82, 2.24) is 0 Å². The van der Waals surface area contributed by atoms with Crippen molar-refractivity contribution in [3.63, 3.8) is 0 Å². The molecule has 202 valence electrons. The number of hydrogen-bond acceptors (Lipinski definition) is 5. The van der Waals surface area contributed by atoms with E-state index in [9.17, 15) is 4.79 Å². The number of hydrogen-bond donors (Lipinski definition) is 2. The lowest BCUT2D eigenvalue weighted by atomic mass is 9.80. The summed E-state index contributed by atoms with van der Waals surface area (Å²) in [6.45, 7) is 7.98. The Bertz CT molecular complexity index is 1850. The highest BCUT2D eigenvalue weighted by molar-refractivity contribution is 14.2. The zero-order valence-electron chi connectivity index (χ0n) is 23.0. The molecule has 0 spiro atoms. The van der Waals surface area contributed by atoms with Crippen LogP contribution in [0.25, 0.3) is 22.7 Å². The minimum absolute atomic E-state index is 0.00186. The normalized spacial score (nSPS) is 17.5. The van der Waals surface area contributed by atoms with Crippen LogP contribution in [0, 0.1) is 0 Å². The summed E-state index contributed by atoms with van der Waals surface area (Å²) >= 11 is -0.289. The number of rotatable bonds is 3. The minimum atomic E-state index is -0.289. The second-order valence-electron chi connectivity index (χ2n) is 11.1. The fraction of sp³-hybridized carbons (Fsp3) is 0.235.